The topological polar surface area (TPSA) is 41.5 Å². The Morgan fingerprint density at radius 1 is 1.40 bits per heavy atom. The average molecular weight is 295 g/mol. The summed E-state index contributed by atoms with van der Waals surface area (Å²) in [6.07, 6.45) is 1.44. The highest BCUT2D eigenvalue weighted by Crippen LogP contribution is 2.15. The Labute approximate surface area is 126 Å². The molecule has 112 valence electrons. The van der Waals surface area contributed by atoms with Crippen molar-refractivity contribution in [1.29, 1.82) is 0 Å². The van der Waals surface area contributed by atoms with Crippen molar-refractivity contribution >= 4 is 11.8 Å². The van der Waals surface area contributed by atoms with Crippen molar-refractivity contribution in [3.63, 3.8) is 0 Å². The molecule has 0 amide bonds. The SMILES string of the molecule is C=CCSCCNCC(O)COC(C)c1ccccc1. The van der Waals surface area contributed by atoms with E-state index in [9.17, 15) is 5.11 Å². The lowest BCUT2D eigenvalue weighted by atomic mass is 10.1. The number of nitrogens with one attached hydrogen (secondary N) is 1. The number of benzene rings is 1. The Morgan fingerprint density at radius 2 is 2.15 bits per heavy atom. The highest BCUT2D eigenvalue weighted by molar-refractivity contribution is 7.99. The molecule has 0 radical (unpaired) electrons. The summed E-state index contributed by atoms with van der Waals surface area (Å²) in [4.78, 5) is 0. The van der Waals surface area contributed by atoms with Gasteiger partial charge in [-0.15, -0.1) is 6.58 Å². The summed E-state index contributed by atoms with van der Waals surface area (Å²) in [5.41, 5.74) is 1.13. The first kappa shape index (κ1) is 17.2. The predicted molar refractivity (Wildman–Crippen MR) is 87.2 cm³/mol. The van der Waals surface area contributed by atoms with E-state index in [1.807, 2.05) is 55.1 Å². The summed E-state index contributed by atoms with van der Waals surface area (Å²) in [5.74, 6) is 2.00. The van der Waals surface area contributed by atoms with Crippen LogP contribution in [0.4, 0.5) is 0 Å². The molecule has 3 nitrogen and oxygen atoms in total. The summed E-state index contributed by atoms with van der Waals surface area (Å²) >= 11 is 1.83. The maximum absolute atomic E-state index is 9.84. The zero-order valence-electron chi connectivity index (χ0n) is 12.1. The summed E-state index contributed by atoms with van der Waals surface area (Å²) in [5, 5.41) is 13.1. The van der Waals surface area contributed by atoms with Crippen LogP contribution in [0.15, 0.2) is 43.0 Å². The third-order valence-electron chi connectivity index (χ3n) is 2.85. The molecule has 0 spiro atoms. The Hall–Kier alpha value is -0.810. The Morgan fingerprint density at radius 3 is 2.85 bits per heavy atom. The summed E-state index contributed by atoms with van der Waals surface area (Å²) in [6, 6.07) is 10.0. The Kier molecular flexibility index (Phi) is 9.41. The van der Waals surface area contributed by atoms with Crippen molar-refractivity contribution < 1.29 is 9.84 Å². The Bertz CT molecular complexity index is 359. The highest BCUT2D eigenvalue weighted by Gasteiger charge is 2.09. The molecular formula is C16H25NO2S. The number of hydrogen-bond donors (Lipinski definition) is 2. The minimum Gasteiger partial charge on any atom is -0.389 e. The molecule has 0 aliphatic rings. The molecule has 0 fully saturated rings. The van der Waals surface area contributed by atoms with E-state index in [0.29, 0.717) is 13.2 Å². The summed E-state index contributed by atoms with van der Waals surface area (Å²) in [7, 11) is 0. The molecule has 2 atom stereocenters. The van der Waals surface area contributed by atoms with Gasteiger partial charge in [-0.25, -0.2) is 0 Å². The van der Waals surface area contributed by atoms with Crippen LogP contribution in [0.5, 0.6) is 0 Å². The maximum atomic E-state index is 9.84. The molecule has 1 aromatic carbocycles. The first-order valence-electron chi connectivity index (χ1n) is 6.98. The first-order valence-corrected chi connectivity index (χ1v) is 8.13. The van der Waals surface area contributed by atoms with E-state index in [1.165, 1.54) is 0 Å². The van der Waals surface area contributed by atoms with Crippen LogP contribution < -0.4 is 5.32 Å². The second kappa shape index (κ2) is 10.9. The van der Waals surface area contributed by atoms with Crippen molar-refractivity contribution in [1.82, 2.24) is 5.32 Å². The standard InChI is InChI=1S/C16H25NO2S/c1-3-10-20-11-9-17-12-16(18)13-19-14(2)15-7-5-4-6-8-15/h3-8,14,16-18H,1,9-13H2,2H3. The van der Waals surface area contributed by atoms with Gasteiger partial charge in [-0.1, -0.05) is 36.4 Å². The smallest absolute Gasteiger partial charge is 0.0897 e. The van der Waals surface area contributed by atoms with Crippen molar-refractivity contribution in [2.45, 2.75) is 19.1 Å². The monoisotopic (exact) mass is 295 g/mol. The van der Waals surface area contributed by atoms with Crippen LogP contribution in [0, 0.1) is 0 Å². The van der Waals surface area contributed by atoms with Crippen LogP contribution in [-0.4, -0.2) is 42.4 Å². The lowest BCUT2D eigenvalue weighted by Crippen LogP contribution is -2.32. The highest BCUT2D eigenvalue weighted by atomic mass is 32.2. The lowest BCUT2D eigenvalue weighted by Gasteiger charge is -2.17. The van der Waals surface area contributed by atoms with Crippen LogP contribution in [0.3, 0.4) is 0 Å². The van der Waals surface area contributed by atoms with Crippen LogP contribution in [0.25, 0.3) is 0 Å². The van der Waals surface area contributed by atoms with E-state index in [0.717, 1.165) is 23.6 Å². The zero-order chi connectivity index (χ0) is 14.6. The molecule has 0 saturated heterocycles. The molecule has 0 aliphatic carbocycles. The molecule has 4 heteroatoms. The molecule has 2 unspecified atom stereocenters. The van der Waals surface area contributed by atoms with E-state index in [-0.39, 0.29) is 6.10 Å². The lowest BCUT2D eigenvalue weighted by molar-refractivity contribution is -0.00181. The van der Waals surface area contributed by atoms with Crippen LogP contribution in [0.1, 0.15) is 18.6 Å². The number of thioether (sulfide) groups is 1. The third-order valence-corrected chi connectivity index (χ3v) is 3.81. The van der Waals surface area contributed by atoms with Crippen LogP contribution >= 0.6 is 11.8 Å². The normalized spacial score (nSPS) is 13.9. The van der Waals surface area contributed by atoms with E-state index >= 15 is 0 Å². The van der Waals surface area contributed by atoms with Crippen LogP contribution in [-0.2, 0) is 4.74 Å². The van der Waals surface area contributed by atoms with Gasteiger partial charge in [0.05, 0.1) is 18.8 Å². The van der Waals surface area contributed by atoms with Gasteiger partial charge in [-0.05, 0) is 12.5 Å². The van der Waals surface area contributed by atoms with Gasteiger partial charge in [0.15, 0.2) is 0 Å². The second-order valence-corrected chi connectivity index (χ2v) is 5.76. The van der Waals surface area contributed by atoms with Gasteiger partial charge in [0, 0.05) is 24.6 Å². The van der Waals surface area contributed by atoms with E-state index < -0.39 is 6.10 Å². The van der Waals surface area contributed by atoms with Gasteiger partial charge in [0.2, 0.25) is 0 Å². The van der Waals surface area contributed by atoms with Crippen molar-refractivity contribution in [2.24, 2.45) is 0 Å². The van der Waals surface area contributed by atoms with Gasteiger partial charge in [-0.3, -0.25) is 0 Å². The molecule has 0 saturated carbocycles. The molecule has 1 aromatic rings. The fourth-order valence-corrected chi connectivity index (χ4v) is 2.34. The minimum absolute atomic E-state index is 0.00833. The van der Waals surface area contributed by atoms with E-state index in [4.69, 9.17) is 4.74 Å². The van der Waals surface area contributed by atoms with Crippen molar-refractivity contribution in [3.8, 4) is 0 Å². The van der Waals surface area contributed by atoms with Crippen molar-refractivity contribution in [3.05, 3.63) is 48.6 Å². The molecular weight excluding hydrogens is 270 g/mol. The van der Waals surface area contributed by atoms with Gasteiger partial charge in [0.25, 0.3) is 0 Å². The zero-order valence-corrected chi connectivity index (χ0v) is 12.9. The van der Waals surface area contributed by atoms with E-state index in [1.54, 1.807) is 0 Å². The molecule has 0 bridgehead atoms. The van der Waals surface area contributed by atoms with E-state index in [2.05, 4.69) is 11.9 Å². The number of rotatable bonds is 11. The minimum atomic E-state index is -0.467. The second-order valence-electron chi connectivity index (χ2n) is 4.61. The Balaban J connectivity index is 2.07. The summed E-state index contributed by atoms with van der Waals surface area (Å²) < 4.78 is 5.68. The molecule has 2 N–H and O–H groups in total. The largest absolute Gasteiger partial charge is 0.389 e. The van der Waals surface area contributed by atoms with Crippen molar-refractivity contribution in [2.75, 3.05) is 31.2 Å². The molecule has 20 heavy (non-hydrogen) atoms. The fraction of sp³-hybridized carbons (Fsp3) is 0.500. The fourth-order valence-electron chi connectivity index (χ4n) is 1.71. The van der Waals surface area contributed by atoms with Gasteiger partial charge in [-0.2, -0.15) is 11.8 Å². The molecule has 0 aromatic heterocycles. The molecule has 0 aliphatic heterocycles. The van der Waals surface area contributed by atoms with Gasteiger partial charge < -0.3 is 15.2 Å². The molecule has 1 rings (SSSR count). The van der Waals surface area contributed by atoms with Crippen LogP contribution in [0.2, 0.25) is 0 Å². The number of aliphatic hydroxyl groups excluding tert-OH is 1. The maximum Gasteiger partial charge on any atom is 0.0897 e. The van der Waals surface area contributed by atoms with Gasteiger partial charge >= 0.3 is 0 Å². The number of ether oxygens (including phenoxy) is 1. The third kappa shape index (κ3) is 7.70. The first-order chi connectivity index (χ1) is 9.74. The predicted octanol–water partition coefficient (Wildman–Crippen LogP) is 2.63. The summed E-state index contributed by atoms with van der Waals surface area (Å²) in [6.45, 7) is 7.48. The quantitative estimate of drug-likeness (QED) is 0.486. The van der Waals surface area contributed by atoms with Gasteiger partial charge in [0.1, 0.15) is 0 Å². The average Bonchev–Trinajstić information content (AvgIpc) is 2.49. The number of aliphatic hydroxyl groups is 1. The molecule has 0 heterocycles. The number of hydrogen-bond acceptors (Lipinski definition) is 4.